The van der Waals surface area contributed by atoms with Gasteiger partial charge >= 0.3 is 7.60 Å². The zero-order valence-electron chi connectivity index (χ0n) is 6.88. The highest BCUT2D eigenvalue weighted by molar-refractivity contribution is 7.51. The molecular weight excluding hydrogens is 199 g/mol. The summed E-state index contributed by atoms with van der Waals surface area (Å²) in [4.78, 5) is 27.5. The van der Waals surface area contributed by atoms with Crippen LogP contribution in [-0.2, 0) is 9.36 Å². The molecule has 0 saturated carbocycles. The normalized spacial score (nSPS) is 14.1. The van der Waals surface area contributed by atoms with E-state index in [9.17, 15) is 9.36 Å². The standard InChI is InChI=1S/C5H13N2O5P/c6-5(9)4(1-2-8)7-3-13(10,11)12/h4,7-8H,1-3H2,(H2,6,9)(H2,10,11,12)/t4-/m0/s1. The summed E-state index contributed by atoms with van der Waals surface area (Å²) in [5.41, 5.74) is 4.89. The maximum atomic E-state index is 10.6. The minimum absolute atomic E-state index is 0.0370. The van der Waals surface area contributed by atoms with Crippen LogP contribution in [0.3, 0.4) is 0 Å². The van der Waals surface area contributed by atoms with Crippen molar-refractivity contribution in [2.24, 2.45) is 5.73 Å². The molecule has 13 heavy (non-hydrogen) atoms. The van der Waals surface area contributed by atoms with Gasteiger partial charge in [-0.15, -0.1) is 0 Å². The van der Waals surface area contributed by atoms with E-state index >= 15 is 0 Å². The second-order valence-corrected chi connectivity index (χ2v) is 4.14. The number of amides is 1. The number of aliphatic hydroxyl groups is 1. The lowest BCUT2D eigenvalue weighted by Gasteiger charge is -2.14. The van der Waals surface area contributed by atoms with Gasteiger partial charge < -0.3 is 20.6 Å². The summed E-state index contributed by atoms with van der Waals surface area (Å²) in [6.07, 6.45) is -0.587. The van der Waals surface area contributed by atoms with Crippen LogP contribution < -0.4 is 11.1 Å². The second kappa shape index (κ2) is 5.31. The van der Waals surface area contributed by atoms with Crippen molar-refractivity contribution in [1.29, 1.82) is 0 Å². The molecule has 0 aromatic heterocycles. The highest BCUT2D eigenvalue weighted by atomic mass is 31.2. The van der Waals surface area contributed by atoms with Gasteiger partial charge in [0.15, 0.2) is 0 Å². The summed E-state index contributed by atoms with van der Waals surface area (Å²) < 4.78 is 10.4. The van der Waals surface area contributed by atoms with E-state index in [0.717, 1.165) is 0 Å². The molecule has 0 aliphatic rings. The van der Waals surface area contributed by atoms with Crippen molar-refractivity contribution < 1.29 is 24.3 Å². The summed E-state index contributed by atoms with van der Waals surface area (Å²) in [6, 6.07) is -0.905. The number of nitrogens with two attached hydrogens (primary N) is 1. The third-order valence-corrected chi connectivity index (χ3v) is 1.90. The topological polar surface area (TPSA) is 133 Å². The lowest BCUT2D eigenvalue weighted by molar-refractivity contribution is -0.120. The maximum Gasteiger partial charge on any atom is 0.339 e. The van der Waals surface area contributed by atoms with Gasteiger partial charge in [-0.05, 0) is 6.42 Å². The number of primary amides is 1. The van der Waals surface area contributed by atoms with Gasteiger partial charge in [0.2, 0.25) is 5.91 Å². The molecule has 0 unspecified atom stereocenters. The van der Waals surface area contributed by atoms with Crippen LogP contribution in [-0.4, -0.2) is 39.7 Å². The Morgan fingerprint density at radius 2 is 2.08 bits per heavy atom. The molecule has 0 aromatic carbocycles. The monoisotopic (exact) mass is 212 g/mol. The molecule has 6 N–H and O–H groups in total. The molecule has 7 nitrogen and oxygen atoms in total. The van der Waals surface area contributed by atoms with Crippen LogP contribution in [0.5, 0.6) is 0 Å². The summed E-state index contributed by atoms with van der Waals surface area (Å²) in [5.74, 6) is -0.748. The van der Waals surface area contributed by atoms with Crippen LogP contribution in [0.25, 0.3) is 0 Å². The molecule has 0 saturated heterocycles. The Kier molecular flexibility index (Phi) is 5.12. The average molecular weight is 212 g/mol. The summed E-state index contributed by atoms with van der Waals surface area (Å²) in [6.45, 7) is -0.276. The SMILES string of the molecule is NC(=O)[C@H](CCO)NCP(=O)(O)O. The quantitative estimate of drug-likeness (QED) is 0.322. The third kappa shape index (κ3) is 6.68. The van der Waals surface area contributed by atoms with Crippen LogP contribution >= 0.6 is 7.60 Å². The predicted octanol–water partition coefficient (Wildman–Crippen LogP) is -2.05. The minimum Gasteiger partial charge on any atom is -0.396 e. The van der Waals surface area contributed by atoms with Gasteiger partial charge in [0.25, 0.3) is 0 Å². The summed E-state index contributed by atoms with van der Waals surface area (Å²) in [7, 11) is -4.18. The van der Waals surface area contributed by atoms with Crippen molar-refractivity contribution in [3.63, 3.8) is 0 Å². The lowest BCUT2D eigenvalue weighted by atomic mass is 10.2. The Balaban J connectivity index is 3.97. The Labute approximate surface area is 75.1 Å². The molecule has 0 aromatic rings. The van der Waals surface area contributed by atoms with Gasteiger partial charge in [0, 0.05) is 6.61 Å². The number of aliphatic hydroxyl groups excluding tert-OH is 1. The summed E-state index contributed by atoms with van der Waals surface area (Å²) in [5, 5.41) is 10.7. The van der Waals surface area contributed by atoms with Crippen molar-refractivity contribution >= 4 is 13.5 Å². The largest absolute Gasteiger partial charge is 0.396 e. The zero-order chi connectivity index (χ0) is 10.5. The lowest BCUT2D eigenvalue weighted by Crippen LogP contribution is -2.42. The molecular formula is C5H13N2O5P. The first-order chi connectivity index (χ1) is 5.87. The number of nitrogens with one attached hydrogen (secondary N) is 1. The molecule has 0 aliphatic carbocycles. The van der Waals surface area contributed by atoms with Gasteiger partial charge in [-0.1, -0.05) is 0 Å². The minimum atomic E-state index is -4.18. The van der Waals surface area contributed by atoms with Crippen LogP contribution in [0.15, 0.2) is 0 Å². The molecule has 8 heteroatoms. The first kappa shape index (κ1) is 12.5. The van der Waals surface area contributed by atoms with Crippen molar-refractivity contribution in [1.82, 2.24) is 5.32 Å². The molecule has 0 fully saturated rings. The molecule has 0 bridgehead atoms. The zero-order valence-corrected chi connectivity index (χ0v) is 7.78. The molecule has 0 spiro atoms. The van der Waals surface area contributed by atoms with Crippen molar-refractivity contribution in [3.05, 3.63) is 0 Å². The fourth-order valence-corrected chi connectivity index (χ4v) is 1.16. The Hall–Kier alpha value is -0.460. The molecule has 1 atom stereocenters. The van der Waals surface area contributed by atoms with Gasteiger partial charge in [0.1, 0.15) is 0 Å². The molecule has 78 valence electrons. The van der Waals surface area contributed by atoms with Gasteiger partial charge in [-0.25, -0.2) is 0 Å². The number of carbonyl (C=O) groups is 1. The van der Waals surface area contributed by atoms with Gasteiger partial charge in [-0.3, -0.25) is 14.7 Å². The van der Waals surface area contributed by atoms with Crippen LogP contribution in [0.2, 0.25) is 0 Å². The molecule has 1 amide bonds. The van der Waals surface area contributed by atoms with E-state index in [2.05, 4.69) is 5.32 Å². The highest BCUT2D eigenvalue weighted by Gasteiger charge is 2.19. The Morgan fingerprint density at radius 1 is 1.54 bits per heavy atom. The maximum absolute atomic E-state index is 10.6. The molecule has 0 rings (SSSR count). The first-order valence-corrected chi connectivity index (χ1v) is 5.34. The van der Waals surface area contributed by atoms with Crippen LogP contribution in [0.1, 0.15) is 6.42 Å². The molecule has 0 radical (unpaired) electrons. The van der Waals surface area contributed by atoms with Crippen LogP contribution in [0.4, 0.5) is 0 Å². The van der Waals surface area contributed by atoms with E-state index in [1.54, 1.807) is 0 Å². The Morgan fingerprint density at radius 3 is 2.38 bits per heavy atom. The van der Waals surface area contributed by atoms with Crippen molar-refractivity contribution in [2.45, 2.75) is 12.5 Å². The summed E-state index contributed by atoms with van der Waals surface area (Å²) >= 11 is 0. The van der Waals surface area contributed by atoms with E-state index < -0.39 is 25.8 Å². The third-order valence-electron chi connectivity index (χ3n) is 1.30. The number of rotatable bonds is 6. The van der Waals surface area contributed by atoms with Gasteiger partial charge in [-0.2, -0.15) is 0 Å². The van der Waals surface area contributed by atoms with Gasteiger partial charge in [0.05, 0.1) is 12.3 Å². The number of hydrogen-bond acceptors (Lipinski definition) is 4. The average Bonchev–Trinajstić information content (AvgIpc) is 1.95. The van der Waals surface area contributed by atoms with E-state index in [1.807, 2.05) is 0 Å². The fraction of sp³-hybridized carbons (Fsp3) is 0.800. The van der Waals surface area contributed by atoms with E-state index in [4.69, 9.17) is 20.6 Å². The highest BCUT2D eigenvalue weighted by Crippen LogP contribution is 2.32. The van der Waals surface area contributed by atoms with Crippen molar-refractivity contribution in [3.8, 4) is 0 Å². The van der Waals surface area contributed by atoms with Crippen molar-refractivity contribution in [2.75, 3.05) is 12.9 Å². The predicted molar refractivity (Wildman–Crippen MR) is 44.7 cm³/mol. The smallest absolute Gasteiger partial charge is 0.339 e. The Bertz CT molecular complexity index is 215. The van der Waals surface area contributed by atoms with E-state index in [1.165, 1.54) is 0 Å². The number of hydrogen-bond donors (Lipinski definition) is 5. The van der Waals surface area contributed by atoms with E-state index in [0.29, 0.717) is 0 Å². The fourth-order valence-electron chi connectivity index (χ4n) is 0.703. The molecule has 0 heterocycles. The first-order valence-electron chi connectivity index (χ1n) is 3.55. The second-order valence-electron chi connectivity index (χ2n) is 2.49. The van der Waals surface area contributed by atoms with Crippen LogP contribution in [0, 0.1) is 0 Å². The molecule has 0 aliphatic heterocycles. The number of carbonyl (C=O) groups excluding carboxylic acids is 1. The van der Waals surface area contributed by atoms with E-state index in [-0.39, 0.29) is 13.0 Å².